The maximum Gasteiger partial charge on any atom is 0.143 e. The minimum Gasteiger partial charge on any atom is -0.456 e. The zero-order valence-corrected chi connectivity index (χ0v) is 33.5. The number of anilines is 3. The zero-order valence-electron chi connectivity index (χ0n) is 33.5. The average Bonchev–Trinajstić information content (AvgIpc) is 4.00. The van der Waals surface area contributed by atoms with Crippen LogP contribution in [0.2, 0.25) is 0 Å². The average molecular weight is 793 g/mol. The minimum absolute atomic E-state index is 0.874. The molecule has 0 amide bonds. The second-order valence-corrected chi connectivity index (χ2v) is 16.0. The van der Waals surface area contributed by atoms with E-state index in [0.717, 1.165) is 105 Å². The molecule has 0 aliphatic rings. The molecule has 0 fully saturated rings. The third-order valence-corrected chi connectivity index (χ3v) is 12.6. The van der Waals surface area contributed by atoms with Gasteiger partial charge in [-0.05, 0) is 94.7 Å². The molecule has 0 saturated heterocycles. The number of hydrogen-bond donors (Lipinski definition) is 0. The highest BCUT2D eigenvalue weighted by Crippen LogP contribution is 2.47. The molecule has 0 unspecified atom stereocenters. The number of benzene rings is 10. The van der Waals surface area contributed by atoms with Gasteiger partial charge in [-0.1, -0.05) is 146 Å². The Morgan fingerprint density at radius 2 is 0.919 bits per heavy atom. The van der Waals surface area contributed by atoms with Crippen LogP contribution in [0.5, 0.6) is 0 Å². The van der Waals surface area contributed by atoms with Crippen LogP contribution in [0, 0.1) is 0 Å². The van der Waals surface area contributed by atoms with Gasteiger partial charge < -0.3 is 18.3 Å². The first-order valence-electron chi connectivity index (χ1n) is 21.1. The van der Waals surface area contributed by atoms with Crippen LogP contribution in [0.15, 0.2) is 227 Å². The molecular weight excluding hydrogens is 757 g/mol. The Hall–Kier alpha value is -8.34. The van der Waals surface area contributed by atoms with Crippen molar-refractivity contribution < 1.29 is 8.83 Å². The first-order chi connectivity index (χ1) is 30.7. The van der Waals surface area contributed by atoms with Crippen molar-refractivity contribution in [2.45, 2.75) is 0 Å². The van der Waals surface area contributed by atoms with Gasteiger partial charge in [0.15, 0.2) is 0 Å². The lowest BCUT2D eigenvalue weighted by Gasteiger charge is -2.30. The molecule has 62 heavy (non-hydrogen) atoms. The first-order valence-corrected chi connectivity index (χ1v) is 21.1. The summed E-state index contributed by atoms with van der Waals surface area (Å²) in [7, 11) is 0. The summed E-state index contributed by atoms with van der Waals surface area (Å²) in [4.78, 5) is 2.42. The number of para-hydroxylation sites is 7. The molecule has 13 rings (SSSR count). The topological polar surface area (TPSA) is 34.5 Å². The van der Waals surface area contributed by atoms with Gasteiger partial charge in [0, 0.05) is 49.1 Å². The Labute approximate surface area is 356 Å². The fourth-order valence-electron chi connectivity index (χ4n) is 9.73. The smallest absolute Gasteiger partial charge is 0.143 e. The van der Waals surface area contributed by atoms with Gasteiger partial charge in [0.25, 0.3) is 0 Å². The summed E-state index contributed by atoms with van der Waals surface area (Å²) < 4.78 is 15.5. The molecule has 13 aromatic rings. The summed E-state index contributed by atoms with van der Waals surface area (Å²) in [5.74, 6) is 0. The fraction of sp³-hybridized carbons (Fsp3) is 0. The molecule has 0 aliphatic heterocycles. The van der Waals surface area contributed by atoms with Gasteiger partial charge in [0.1, 0.15) is 22.3 Å². The van der Waals surface area contributed by atoms with Gasteiger partial charge >= 0.3 is 0 Å². The van der Waals surface area contributed by atoms with Gasteiger partial charge in [0.05, 0.1) is 28.1 Å². The number of furan rings is 2. The molecule has 4 heteroatoms. The number of hydrogen-bond acceptors (Lipinski definition) is 3. The summed E-state index contributed by atoms with van der Waals surface area (Å²) >= 11 is 0. The van der Waals surface area contributed by atoms with E-state index < -0.39 is 0 Å². The van der Waals surface area contributed by atoms with Crippen LogP contribution in [0.1, 0.15) is 0 Å². The molecule has 3 aromatic heterocycles. The van der Waals surface area contributed by atoms with E-state index in [9.17, 15) is 0 Å². The molecule has 0 aliphatic carbocycles. The molecule has 0 atom stereocenters. The highest BCUT2D eigenvalue weighted by molar-refractivity contribution is 6.15. The number of fused-ring (bicyclic) bond motifs is 10. The largest absolute Gasteiger partial charge is 0.456 e. The first kappa shape index (κ1) is 34.5. The van der Waals surface area contributed by atoms with Crippen molar-refractivity contribution in [2.24, 2.45) is 0 Å². The number of aromatic nitrogens is 1. The molecule has 4 nitrogen and oxygen atoms in total. The summed E-state index contributed by atoms with van der Waals surface area (Å²) in [6.45, 7) is 0. The van der Waals surface area contributed by atoms with Crippen LogP contribution in [0.25, 0.3) is 104 Å². The summed E-state index contributed by atoms with van der Waals surface area (Å²) in [6.07, 6.45) is 0. The zero-order chi connectivity index (χ0) is 40.7. The van der Waals surface area contributed by atoms with E-state index in [-0.39, 0.29) is 0 Å². The highest BCUT2D eigenvalue weighted by Gasteiger charge is 2.24. The van der Waals surface area contributed by atoms with Crippen molar-refractivity contribution in [2.75, 3.05) is 4.90 Å². The Kier molecular flexibility index (Phi) is 7.57. The third kappa shape index (κ3) is 5.27. The second-order valence-electron chi connectivity index (χ2n) is 16.0. The van der Waals surface area contributed by atoms with Gasteiger partial charge in [0.2, 0.25) is 0 Å². The molecule has 3 heterocycles. The van der Waals surface area contributed by atoms with Crippen LogP contribution >= 0.6 is 0 Å². The summed E-state index contributed by atoms with van der Waals surface area (Å²) in [6, 6.07) is 78.1. The lowest BCUT2D eigenvalue weighted by molar-refractivity contribution is 0.669. The molecule has 0 spiro atoms. The Bertz CT molecular complexity index is 3830. The van der Waals surface area contributed by atoms with Crippen molar-refractivity contribution in [1.29, 1.82) is 0 Å². The predicted molar refractivity (Wildman–Crippen MR) is 258 cm³/mol. The van der Waals surface area contributed by atoms with E-state index >= 15 is 0 Å². The summed E-state index contributed by atoms with van der Waals surface area (Å²) in [5, 5.41) is 9.26. The second kappa shape index (κ2) is 13.6. The molecule has 10 aromatic carbocycles. The van der Waals surface area contributed by atoms with E-state index in [1.807, 2.05) is 12.1 Å². The highest BCUT2D eigenvalue weighted by atomic mass is 16.3. The van der Waals surface area contributed by atoms with Crippen molar-refractivity contribution in [3.05, 3.63) is 218 Å². The van der Waals surface area contributed by atoms with Gasteiger partial charge in [-0.3, -0.25) is 0 Å². The van der Waals surface area contributed by atoms with Gasteiger partial charge in [-0.15, -0.1) is 0 Å². The lowest BCUT2D eigenvalue weighted by Crippen LogP contribution is -2.14. The van der Waals surface area contributed by atoms with E-state index in [1.54, 1.807) is 0 Å². The van der Waals surface area contributed by atoms with Crippen LogP contribution in [-0.4, -0.2) is 4.57 Å². The van der Waals surface area contributed by atoms with Crippen LogP contribution in [-0.2, 0) is 0 Å². The van der Waals surface area contributed by atoms with E-state index in [0.29, 0.717) is 0 Å². The monoisotopic (exact) mass is 792 g/mol. The van der Waals surface area contributed by atoms with Gasteiger partial charge in [-0.2, -0.15) is 0 Å². The normalized spacial score (nSPS) is 11.9. The maximum absolute atomic E-state index is 6.86. The predicted octanol–water partition coefficient (Wildman–Crippen LogP) is 16.5. The standard InChI is InChI=1S/C58H36N2O2/c1-2-15-39-36-57-49(34-38(39)14-1)47-21-13-20-46(58(47)62-57)44-18-5-7-22-50(44)59(41-31-28-37(29-32-41)40-30-33-56-48(35-40)45-19-6-12-27-55(45)61-56)53-25-10-11-26-54(53)60-51-23-8-3-16-42(51)43-17-4-9-24-52(43)60/h1-36H. The Balaban J connectivity index is 1.04. The van der Waals surface area contributed by atoms with E-state index in [2.05, 4.69) is 216 Å². The Morgan fingerprint density at radius 3 is 1.73 bits per heavy atom. The third-order valence-electron chi connectivity index (χ3n) is 12.6. The molecule has 290 valence electrons. The lowest BCUT2D eigenvalue weighted by atomic mass is 9.98. The van der Waals surface area contributed by atoms with Crippen LogP contribution in [0.4, 0.5) is 17.1 Å². The van der Waals surface area contributed by atoms with Crippen molar-refractivity contribution in [3.63, 3.8) is 0 Å². The fourth-order valence-corrected chi connectivity index (χ4v) is 9.73. The quantitative estimate of drug-likeness (QED) is 0.168. The maximum atomic E-state index is 6.86. The minimum atomic E-state index is 0.874. The summed E-state index contributed by atoms with van der Waals surface area (Å²) in [5.41, 5.74) is 14.4. The van der Waals surface area contributed by atoms with Crippen LogP contribution in [0.3, 0.4) is 0 Å². The molecular formula is C58H36N2O2. The van der Waals surface area contributed by atoms with Crippen LogP contribution < -0.4 is 4.90 Å². The van der Waals surface area contributed by atoms with Crippen molar-refractivity contribution in [3.8, 4) is 27.9 Å². The molecule has 0 radical (unpaired) electrons. The van der Waals surface area contributed by atoms with Gasteiger partial charge in [-0.25, -0.2) is 0 Å². The van der Waals surface area contributed by atoms with E-state index in [4.69, 9.17) is 8.83 Å². The molecule has 0 bridgehead atoms. The van der Waals surface area contributed by atoms with E-state index in [1.165, 1.54) is 16.2 Å². The Morgan fingerprint density at radius 1 is 0.339 bits per heavy atom. The SMILES string of the molecule is c1ccc(N(c2ccc(-c3ccc4oc5ccccc5c4c3)cc2)c2ccccc2-n2c3ccccc3c3ccccc32)c(-c2cccc3c2oc2cc4ccccc4cc23)c1. The number of rotatable bonds is 6. The number of nitrogens with zero attached hydrogens (tertiary/aromatic N) is 2. The molecule has 0 N–H and O–H groups in total. The van der Waals surface area contributed by atoms with Crippen molar-refractivity contribution in [1.82, 2.24) is 4.57 Å². The molecule has 0 saturated carbocycles. The van der Waals surface area contributed by atoms with Crippen molar-refractivity contribution >= 4 is 93.5 Å².